The van der Waals surface area contributed by atoms with Crippen molar-refractivity contribution < 1.29 is 0 Å². The Kier molecular flexibility index (Phi) is 7.88. The zero-order valence-corrected chi connectivity index (χ0v) is 29.5. The van der Waals surface area contributed by atoms with Crippen LogP contribution in [0.1, 0.15) is 22.9 Å². The second-order valence-corrected chi connectivity index (χ2v) is 13.8. The molecule has 254 valence electrons. The molecule has 0 saturated heterocycles. The molecule has 1 atom stereocenters. The number of rotatable bonds is 6. The molecule has 0 amide bonds. The number of nitrogens with one attached hydrogen (secondary N) is 1. The lowest BCUT2D eigenvalue weighted by Crippen LogP contribution is -2.33. The Labute approximate surface area is 314 Å². The van der Waals surface area contributed by atoms with E-state index in [2.05, 4.69) is 193 Å². The zero-order valence-electron chi connectivity index (χ0n) is 29.5. The van der Waals surface area contributed by atoms with Crippen LogP contribution in [-0.4, -0.2) is 11.7 Å². The summed E-state index contributed by atoms with van der Waals surface area (Å²) in [5, 5.41) is 11.1. The van der Waals surface area contributed by atoms with E-state index in [1.807, 2.05) is 12.1 Å². The van der Waals surface area contributed by atoms with Gasteiger partial charge in [-0.1, -0.05) is 188 Å². The van der Waals surface area contributed by atoms with Crippen LogP contribution in [0.4, 0.5) is 0 Å². The van der Waals surface area contributed by atoms with Crippen molar-refractivity contribution in [1.82, 2.24) is 5.32 Å². The summed E-state index contributed by atoms with van der Waals surface area (Å²) >= 11 is 0. The maximum atomic E-state index is 5.16. The van der Waals surface area contributed by atoms with Crippen molar-refractivity contribution in [2.45, 2.75) is 6.17 Å². The van der Waals surface area contributed by atoms with Crippen molar-refractivity contribution in [2.75, 3.05) is 0 Å². The quantitative estimate of drug-likeness (QED) is 0.173. The van der Waals surface area contributed by atoms with Crippen LogP contribution in [0, 0.1) is 0 Å². The van der Waals surface area contributed by atoms with Gasteiger partial charge in [0.15, 0.2) is 5.84 Å². The van der Waals surface area contributed by atoms with E-state index in [4.69, 9.17) is 9.98 Å². The molecular weight excluding hydrogens is 655 g/mol. The molecule has 9 aromatic rings. The molecule has 1 aliphatic rings. The minimum atomic E-state index is -0.275. The Morgan fingerprint density at radius 1 is 0.370 bits per heavy atom. The van der Waals surface area contributed by atoms with Crippen molar-refractivity contribution in [1.29, 1.82) is 0 Å². The minimum absolute atomic E-state index is 0.275. The highest BCUT2D eigenvalue weighted by atomic mass is 15.2. The molecule has 54 heavy (non-hydrogen) atoms. The van der Waals surface area contributed by atoms with E-state index >= 15 is 0 Å². The molecule has 3 nitrogen and oxygen atoms in total. The molecule has 0 aromatic heterocycles. The Morgan fingerprint density at radius 3 is 1.78 bits per heavy atom. The number of hydrogen-bond acceptors (Lipinski definition) is 3. The third-order valence-electron chi connectivity index (χ3n) is 10.5. The van der Waals surface area contributed by atoms with Crippen molar-refractivity contribution in [3.63, 3.8) is 0 Å². The molecule has 0 spiro atoms. The van der Waals surface area contributed by atoms with E-state index in [-0.39, 0.29) is 6.17 Å². The summed E-state index contributed by atoms with van der Waals surface area (Å²) in [4.78, 5) is 10.3. The molecule has 1 unspecified atom stereocenters. The fraction of sp³-hybridized carbons (Fsp3) is 0.0196. The van der Waals surface area contributed by atoms with E-state index in [1.165, 1.54) is 54.6 Å². The van der Waals surface area contributed by atoms with Crippen LogP contribution >= 0.6 is 0 Å². The summed E-state index contributed by atoms with van der Waals surface area (Å²) in [6.45, 7) is 0. The van der Waals surface area contributed by atoms with Crippen LogP contribution in [0.25, 0.3) is 65.7 Å². The van der Waals surface area contributed by atoms with E-state index < -0.39 is 0 Å². The zero-order chi connectivity index (χ0) is 35.8. The standard InChI is InChI=1S/C51H35N3/c1-3-12-34(13-4-1)40-18-11-19-43(32-40)51-53-49(38-16-5-2-6-17-38)52-50(54-51)39-25-23-37(24-26-39)48-46-21-10-8-15-36(46)28-31-47(48)42-29-30-45-41(33-42)27-22-35-14-7-9-20-44(35)45/h1-33,49H,(H,52,53,54). The second kappa shape index (κ2) is 13.5. The lowest BCUT2D eigenvalue weighted by molar-refractivity contribution is 0.674. The number of aliphatic imine (C=N–C) groups is 2. The molecule has 0 aliphatic carbocycles. The fourth-order valence-corrected chi connectivity index (χ4v) is 7.80. The largest absolute Gasteiger partial charge is 0.344 e. The SMILES string of the molecule is c1ccc(-c2cccc(C3=NC(c4ccc(-c5c(-c6ccc7c(ccc8ccccc87)c6)ccc6ccccc56)cc4)=NC(c4ccccc4)N3)c2)cc1. The molecule has 1 heterocycles. The van der Waals surface area contributed by atoms with E-state index in [1.54, 1.807) is 0 Å². The predicted octanol–water partition coefficient (Wildman–Crippen LogP) is 12.6. The highest BCUT2D eigenvalue weighted by Gasteiger charge is 2.22. The van der Waals surface area contributed by atoms with Gasteiger partial charge in [-0.15, -0.1) is 0 Å². The first kappa shape index (κ1) is 31.6. The Balaban J connectivity index is 1.07. The van der Waals surface area contributed by atoms with Gasteiger partial charge in [-0.25, -0.2) is 9.98 Å². The van der Waals surface area contributed by atoms with Gasteiger partial charge in [0, 0.05) is 11.1 Å². The van der Waals surface area contributed by atoms with Gasteiger partial charge in [0.25, 0.3) is 0 Å². The van der Waals surface area contributed by atoms with Crippen molar-refractivity contribution in [3.05, 3.63) is 217 Å². The summed E-state index contributed by atoms with van der Waals surface area (Å²) in [7, 11) is 0. The van der Waals surface area contributed by atoms with Crippen LogP contribution in [0.3, 0.4) is 0 Å². The highest BCUT2D eigenvalue weighted by Crippen LogP contribution is 2.40. The number of hydrogen-bond donors (Lipinski definition) is 1. The van der Waals surface area contributed by atoms with Gasteiger partial charge in [-0.2, -0.15) is 0 Å². The Bertz CT molecular complexity index is 2890. The van der Waals surface area contributed by atoms with Crippen LogP contribution < -0.4 is 5.32 Å². The average molecular weight is 690 g/mol. The summed E-state index contributed by atoms with van der Waals surface area (Å²) in [6, 6.07) is 71.3. The van der Waals surface area contributed by atoms with Crippen molar-refractivity contribution >= 4 is 44.0 Å². The number of fused-ring (bicyclic) bond motifs is 4. The van der Waals surface area contributed by atoms with Crippen LogP contribution in [0.2, 0.25) is 0 Å². The fourth-order valence-electron chi connectivity index (χ4n) is 7.80. The summed E-state index contributed by atoms with van der Waals surface area (Å²) in [5.41, 5.74) is 10.2. The minimum Gasteiger partial charge on any atom is -0.344 e. The van der Waals surface area contributed by atoms with Gasteiger partial charge in [0.2, 0.25) is 0 Å². The molecule has 0 radical (unpaired) electrons. The first-order valence-corrected chi connectivity index (χ1v) is 18.4. The van der Waals surface area contributed by atoms with E-state index in [9.17, 15) is 0 Å². The molecule has 3 heteroatoms. The lowest BCUT2D eigenvalue weighted by Gasteiger charge is -2.24. The monoisotopic (exact) mass is 689 g/mol. The van der Waals surface area contributed by atoms with Crippen molar-refractivity contribution in [3.8, 4) is 33.4 Å². The Hall–Kier alpha value is -7.10. The summed E-state index contributed by atoms with van der Waals surface area (Å²) < 4.78 is 0. The smallest absolute Gasteiger partial charge is 0.159 e. The first-order valence-electron chi connectivity index (χ1n) is 18.4. The van der Waals surface area contributed by atoms with Gasteiger partial charge in [0.05, 0.1) is 0 Å². The maximum Gasteiger partial charge on any atom is 0.159 e. The molecule has 0 saturated carbocycles. The van der Waals surface area contributed by atoms with Gasteiger partial charge in [-0.3, -0.25) is 0 Å². The van der Waals surface area contributed by atoms with E-state index in [0.717, 1.165) is 33.7 Å². The van der Waals surface area contributed by atoms with Gasteiger partial charge < -0.3 is 5.32 Å². The van der Waals surface area contributed by atoms with Gasteiger partial charge in [0.1, 0.15) is 12.0 Å². The van der Waals surface area contributed by atoms with Crippen LogP contribution in [0.15, 0.2) is 210 Å². The first-order chi connectivity index (χ1) is 26.7. The van der Waals surface area contributed by atoms with E-state index in [0.29, 0.717) is 5.84 Å². The third kappa shape index (κ3) is 5.82. The lowest BCUT2D eigenvalue weighted by atomic mass is 9.88. The third-order valence-corrected chi connectivity index (χ3v) is 10.5. The molecule has 10 rings (SSSR count). The summed E-state index contributed by atoms with van der Waals surface area (Å²) in [6.07, 6.45) is -0.275. The van der Waals surface area contributed by atoms with Crippen molar-refractivity contribution in [2.24, 2.45) is 9.98 Å². The maximum absolute atomic E-state index is 5.16. The van der Waals surface area contributed by atoms with Crippen LogP contribution in [0.5, 0.6) is 0 Å². The molecule has 0 fully saturated rings. The molecular formula is C51H35N3. The average Bonchev–Trinajstić information content (AvgIpc) is 3.26. The topological polar surface area (TPSA) is 36.8 Å². The number of amidine groups is 2. The predicted molar refractivity (Wildman–Crippen MR) is 227 cm³/mol. The Morgan fingerprint density at radius 2 is 0.963 bits per heavy atom. The molecule has 1 N–H and O–H groups in total. The normalized spacial score (nSPS) is 14.1. The van der Waals surface area contributed by atoms with Gasteiger partial charge >= 0.3 is 0 Å². The molecule has 0 bridgehead atoms. The second-order valence-electron chi connectivity index (χ2n) is 13.8. The number of nitrogens with zero attached hydrogens (tertiary/aromatic N) is 2. The molecule has 9 aromatic carbocycles. The van der Waals surface area contributed by atoms with Crippen LogP contribution in [-0.2, 0) is 0 Å². The highest BCUT2D eigenvalue weighted by molar-refractivity contribution is 6.14. The summed E-state index contributed by atoms with van der Waals surface area (Å²) in [5.74, 6) is 1.50. The number of benzene rings is 9. The van der Waals surface area contributed by atoms with Gasteiger partial charge in [-0.05, 0) is 83.4 Å². The molecule has 1 aliphatic heterocycles.